The summed E-state index contributed by atoms with van der Waals surface area (Å²) < 4.78 is 2.58. The number of nitrogens with one attached hydrogen (secondary N) is 1. The van der Waals surface area contributed by atoms with Crippen LogP contribution < -0.4 is 10.7 Å². The van der Waals surface area contributed by atoms with Gasteiger partial charge in [0.15, 0.2) is 0 Å². The maximum Gasteiger partial charge on any atom is 0.224 e. The zero-order chi connectivity index (χ0) is 25.8. The van der Waals surface area contributed by atoms with Crippen molar-refractivity contribution in [2.45, 2.75) is 32.5 Å². The van der Waals surface area contributed by atoms with E-state index in [9.17, 15) is 14.7 Å². The van der Waals surface area contributed by atoms with Gasteiger partial charge in [-0.25, -0.2) is 0 Å². The standard InChI is InChI=1S/C27H29ClN4O3S/c1-17-23(16-31(2)15-22(33)19-5-4-10-29-13-19)36-27-25(17)32(3)14-20(26(27)35)11-24(34)30-12-18-6-8-21(28)9-7-18/h4-10,13-14,22,33H,11-12,15-16H2,1-3H3,(H,30,34). The molecule has 3 heterocycles. The maximum atomic E-state index is 13.3. The molecule has 0 aliphatic heterocycles. The van der Waals surface area contributed by atoms with Crippen molar-refractivity contribution in [3.63, 3.8) is 0 Å². The molecule has 188 valence electrons. The summed E-state index contributed by atoms with van der Waals surface area (Å²) in [4.78, 5) is 33.0. The highest BCUT2D eigenvalue weighted by atomic mass is 35.5. The molecule has 0 fully saturated rings. The Morgan fingerprint density at radius 3 is 2.72 bits per heavy atom. The van der Waals surface area contributed by atoms with Crippen molar-refractivity contribution in [3.05, 3.63) is 97.4 Å². The van der Waals surface area contributed by atoms with Gasteiger partial charge in [0.1, 0.15) is 0 Å². The molecule has 36 heavy (non-hydrogen) atoms. The number of rotatable bonds is 9. The van der Waals surface area contributed by atoms with Crippen molar-refractivity contribution >= 4 is 39.1 Å². The van der Waals surface area contributed by atoms with Crippen LogP contribution in [0.5, 0.6) is 0 Å². The number of nitrogens with zero attached hydrogens (tertiary/aromatic N) is 3. The van der Waals surface area contributed by atoms with E-state index in [1.54, 1.807) is 36.8 Å². The van der Waals surface area contributed by atoms with Gasteiger partial charge in [-0.2, -0.15) is 0 Å². The Kier molecular flexibility index (Phi) is 8.21. The Labute approximate surface area is 219 Å². The van der Waals surface area contributed by atoms with Crippen molar-refractivity contribution in [1.29, 1.82) is 0 Å². The number of hydrogen-bond acceptors (Lipinski definition) is 6. The predicted octanol–water partition coefficient (Wildman–Crippen LogP) is 3.98. The molecule has 4 rings (SSSR count). The number of aliphatic hydroxyl groups excluding tert-OH is 1. The minimum absolute atomic E-state index is 0.0136. The highest BCUT2D eigenvalue weighted by Gasteiger charge is 2.19. The van der Waals surface area contributed by atoms with Crippen LogP contribution in [0.2, 0.25) is 5.02 Å². The van der Waals surface area contributed by atoms with Gasteiger partial charge in [0.25, 0.3) is 0 Å². The number of fused-ring (bicyclic) bond motifs is 1. The van der Waals surface area contributed by atoms with E-state index in [2.05, 4.69) is 10.3 Å². The third-order valence-corrected chi connectivity index (χ3v) is 7.65. The normalized spacial score (nSPS) is 12.3. The molecule has 0 bridgehead atoms. The van der Waals surface area contributed by atoms with Gasteiger partial charge in [-0.15, -0.1) is 11.3 Å². The van der Waals surface area contributed by atoms with E-state index in [1.165, 1.54) is 11.3 Å². The van der Waals surface area contributed by atoms with Gasteiger partial charge in [-0.05, 0) is 43.3 Å². The first-order valence-electron chi connectivity index (χ1n) is 11.6. The molecule has 0 radical (unpaired) electrons. The number of likely N-dealkylation sites (N-methyl/N-ethyl adjacent to an activating group) is 1. The Hall–Kier alpha value is -3.04. The quantitative estimate of drug-likeness (QED) is 0.346. The summed E-state index contributed by atoms with van der Waals surface area (Å²) >= 11 is 7.37. The number of carbonyl (C=O) groups excluding carboxylic acids is 1. The number of carbonyl (C=O) groups is 1. The molecule has 2 N–H and O–H groups in total. The lowest BCUT2D eigenvalue weighted by Crippen LogP contribution is -2.27. The summed E-state index contributed by atoms with van der Waals surface area (Å²) in [6.07, 6.45) is 4.46. The highest BCUT2D eigenvalue weighted by Crippen LogP contribution is 2.30. The smallest absolute Gasteiger partial charge is 0.224 e. The largest absolute Gasteiger partial charge is 0.387 e. The number of thiophene rings is 1. The highest BCUT2D eigenvalue weighted by molar-refractivity contribution is 7.19. The van der Waals surface area contributed by atoms with Gasteiger partial charge in [-0.1, -0.05) is 29.8 Å². The number of halogens is 1. The number of aryl methyl sites for hydroxylation is 2. The zero-order valence-electron chi connectivity index (χ0n) is 20.5. The molecule has 9 heteroatoms. The lowest BCUT2D eigenvalue weighted by atomic mass is 10.1. The molecule has 1 amide bonds. The molecular weight excluding hydrogens is 496 g/mol. The van der Waals surface area contributed by atoms with Gasteiger partial charge in [-0.3, -0.25) is 19.5 Å². The topological polar surface area (TPSA) is 87.5 Å². The second-order valence-electron chi connectivity index (χ2n) is 9.00. The number of pyridine rings is 2. The van der Waals surface area contributed by atoms with E-state index in [4.69, 9.17) is 11.6 Å². The van der Waals surface area contributed by atoms with Crippen LogP contribution >= 0.6 is 22.9 Å². The van der Waals surface area contributed by atoms with Crippen LogP contribution in [0.3, 0.4) is 0 Å². The SMILES string of the molecule is Cc1c(CN(C)CC(O)c2cccnc2)sc2c(=O)c(CC(=O)NCc3ccc(Cl)cc3)cn(C)c12. The van der Waals surface area contributed by atoms with Crippen LogP contribution in [0.25, 0.3) is 10.2 Å². The third kappa shape index (κ3) is 6.02. The van der Waals surface area contributed by atoms with E-state index >= 15 is 0 Å². The molecule has 0 saturated carbocycles. The summed E-state index contributed by atoms with van der Waals surface area (Å²) in [6, 6.07) is 10.9. The average Bonchev–Trinajstić information content (AvgIpc) is 3.18. The summed E-state index contributed by atoms with van der Waals surface area (Å²) in [5.41, 5.74) is 3.98. The monoisotopic (exact) mass is 524 g/mol. The first kappa shape index (κ1) is 26.0. The summed E-state index contributed by atoms with van der Waals surface area (Å²) in [6.45, 7) is 3.42. The van der Waals surface area contributed by atoms with Gasteiger partial charge < -0.3 is 15.0 Å². The molecular formula is C27H29ClN4O3S. The third-order valence-electron chi connectivity index (χ3n) is 6.14. The van der Waals surface area contributed by atoms with Crippen molar-refractivity contribution in [2.75, 3.05) is 13.6 Å². The molecule has 0 saturated heterocycles. The van der Waals surface area contributed by atoms with Crippen molar-refractivity contribution in [1.82, 2.24) is 19.8 Å². The average molecular weight is 525 g/mol. The van der Waals surface area contributed by atoms with Crippen LogP contribution in [0, 0.1) is 6.92 Å². The second kappa shape index (κ2) is 11.3. The Morgan fingerprint density at radius 1 is 1.28 bits per heavy atom. The van der Waals surface area contributed by atoms with Crippen LogP contribution in [0.1, 0.15) is 33.2 Å². The number of hydrogen-bond donors (Lipinski definition) is 2. The number of aliphatic hydroxyl groups is 1. The minimum atomic E-state index is -0.650. The van der Waals surface area contributed by atoms with Gasteiger partial charge >= 0.3 is 0 Å². The van der Waals surface area contributed by atoms with E-state index in [-0.39, 0.29) is 17.8 Å². The summed E-state index contributed by atoms with van der Waals surface area (Å²) in [7, 11) is 3.84. The van der Waals surface area contributed by atoms with E-state index in [0.29, 0.717) is 34.9 Å². The first-order chi connectivity index (χ1) is 17.2. The fourth-order valence-electron chi connectivity index (χ4n) is 4.23. The van der Waals surface area contributed by atoms with Crippen LogP contribution in [0.4, 0.5) is 0 Å². The van der Waals surface area contributed by atoms with Gasteiger partial charge in [0.2, 0.25) is 11.3 Å². The number of benzene rings is 1. The molecule has 4 aromatic rings. The summed E-state index contributed by atoms with van der Waals surface area (Å²) in [5.74, 6) is -0.209. The van der Waals surface area contributed by atoms with Crippen molar-refractivity contribution in [2.24, 2.45) is 7.05 Å². The number of amides is 1. The predicted molar refractivity (Wildman–Crippen MR) is 144 cm³/mol. The van der Waals surface area contributed by atoms with Crippen molar-refractivity contribution < 1.29 is 9.90 Å². The number of aromatic nitrogens is 2. The Balaban J connectivity index is 1.47. The molecule has 1 aromatic carbocycles. The van der Waals surface area contributed by atoms with E-state index < -0.39 is 6.10 Å². The first-order valence-corrected chi connectivity index (χ1v) is 12.8. The minimum Gasteiger partial charge on any atom is -0.387 e. The molecule has 1 atom stereocenters. The molecule has 0 aliphatic rings. The van der Waals surface area contributed by atoms with E-state index in [1.807, 2.05) is 48.7 Å². The molecule has 3 aromatic heterocycles. The second-order valence-corrected chi connectivity index (χ2v) is 10.5. The zero-order valence-corrected chi connectivity index (χ0v) is 22.1. The molecule has 0 spiro atoms. The Morgan fingerprint density at radius 2 is 2.03 bits per heavy atom. The van der Waals surface area contributed by atoms with Crippen LogP contribution in [0.15, 0.2) is 59.8 Å². The Bertz CT molecular complexity index is 1420. The van der Waals surface area contributed by atoms with Crippen LogP contribution in [-0.4, -0.2) is 39.1 Å². The van der Waals surface area contributed by atoms with Gasteiger partial charge in [0, 0.05) is 66.3 Å². The molecule has 1 unspecified atom stereocenters. The fourth-order valence-corrected chi connectivity index (χ4v) is 5.76. The lowest BCUT2D eigenvalue weighted by molar-refractivity contribution is -0.120. The van der Waals surface area contributed by atoms with Gasteiger partial charge in [0.05, 0.1) is 22.7 Å². The van der Waals surface area contributed by atoms with Crippen LogP contribution in [-0.2, 0) is 31.4 Å². The summed E-state index contributed by atoms with van der Waals surface area (Å²) in [5, 5.41) is 14.1. The molecule has 0 aliphatic carbocycles. The van der Waals surface area contributed by atoms with E-state index in [0.717, 1.165) is 27.1 Å². The lowest BCUT2D eigenvalue weighted by Gasteiger charge is -2.20. The van der Waals surface area contributed by atoms with Crippen molar-refractivity contribution in [3.8, 4) is 0 Å². The fraction of sp³-hybridized carbons (Fsp3) is 0.296. The molecule has 7 nitrogen and oxygen atoms in total. The maximum absolute atomic E-state index is 13.3.